The Morgan fingerprint density at radius 1 is 1.67 bits per heavy atom. The maximum atomic E-state index is 5.37. The summed E-state index contributed by atoms with van der Waals surface area (Å²) in [6.07, 6.45) is 1.75. The third-order valence-corrected chi connectivity index (χ3v) is 1.64. The van der Waals surface area contributed by atoms with Crippen molar-refractivity contribution in [2.24, 2.45) is 5.73 Å². The van der Waals surface area contributed by atoms with Crippen molar-refractivity contribution in [1.82, 2.24) is 4.98 Å². The van der Waals surface area contributed by atoms with Gasteiger partial charge in [-0.3, -0.25) is 4.98 Å². The number of pyridine rings is 1. The molecule has 1 heterocycles. The number of aromatic nitrogens is 1. The van der Waals surface area contributed by atoms with Gasteiger partial charge in [0, 0.05) is 12.7 Å². The molecule has 2 N–H and O–H groups in total. The molecule has 0 aliphatic carbocycles. The summed E-state index contributed by atoms with van der Waals surface area (Å²) in [5.41, 5.74) is 6.32. The fourth-order valence-corrected chi connectivity index (χ4v) is 0.924. The zero-order valence-electron chi connectivity index (χ0n) is 5.04. The number of hydrogen-bond donors (Lipinski definition) is 1. The van der Waals surface area contributed by atoms with Gasteiger partial charge in [0.05, 0.1) is 5.69 Å². The predicted octanol–water partition coefficient (Wildman–Crippen LogP) is 0.0407. The first kappa shape index (κ1) is 6.66. The Bertz CT molecular complexity index is 200. The first-order valence-corrected chi connectivity index (χ1v) is 3.31. The van der Waals surface area contributed by atoms with Gasteiger partial charge < -0.3 is 5.73 Å². The minimum Gasteiger partial charge on any atom is -0.325 e. The van der Waals surface area contributed by atoms with E-state index in [0.29, 0.717) is 6.54 Å². The van der Waals surface area contributed by atoms with Gasteiger partial charge in [-0.1, -0.05) is 6.07 Å². The minimum absolute atomic E-state index is 0.514. The average Bonchev–Trinajstić information content (AvgIpc) is 1.89. The molecule has 1 aromatic heterocycles. The SMILES string of the molecule is NCc1ncccc1P. The fourth-order valence-electron chi connectivity index (χ4n) is 0.621. The Hall–Kier alpha value is -0.460. The van der Waals surface area contributed by atoms with Gasteiger partial charge in [-0.25, -0.2) is 0 Å². The van der Waals surface area contributed by atoms with Gasteiger partial charge in [-0.05, 0) is 11.4 Å². The molecule has 0 saturated heterocycles. The molecule has 0 fully saturated rings. The van der Waals surface area contributed by atoms with E-state index in [1.807, 2.05) is 12.1 Å². The first-order chi connectivity index (χ1) is 4.34. The molecule has 1 aromatic rings. The molecule has 0 bridgehead atoms. The van der Waals surface area contributed by atoms with E-state index in [2.05, 4.69) is 14.2 Å². The van der Waals surface area contributed by atoms with Crippen LogP contribution in [0.5, 0.6) is 0 Å². The van der Waals surface area contributed by atoms with Crippen LogP contribution < -0.4 is 11.0 Å². The van der Waals surface area contributed by atoms with Crippen LogP contribution in [0.1, 0.15) is 5.69 Å². The molecule has 9 heavy (non-hydrogen) atoms. The van der Waals surface area contributed by atoms with E-state index in [0.717, 1.165) is 11.0 Å². The van der Waals surface area contributed by atoms with Crippen molar-refractivity contribution in [2.75, 3.05) is 0 Å². The normalized spacial score (nSPS) is 9.56. The number of hydrogen-bond acceptors (Lipinski definition) is 2. The molecule has 0 spiro atoms. The maximum absolute atomic E-state index is 5.37. The lowest BCUT2D eigenvalue weighted by Gasteiger charge is -1.97. The van der Waals surface area contributed by atoms with Crippen molar-refractivity contribution in [2.45, 2.75) is 6.54 Å². The van der Waals surface area contributed by atoms with Crippen molar-refractivity contribution < 1.29 is 0 Å². The molecule has 0 saturated carbocycles. The fraction of sp³-hybridized carbons (Fsp3) is 0.167. The molecule has 3 heteroatoms. The van der Waals surface area contributed by atoms with Crippen LogP contribution in [0.15, 0.2) is 18.3 Å². The van der Waals surface area contributed by atoms with Crippen LogP contribution in [0.25, 0.3) is 0 Å². The van der Waals surface area contributed by atoms with E-state index >= 15 is 0 Å². The van der Waals surface area contributed by atoms with Gasteiger partial charge in [0.2, 0.25) is 0 Å². The van der Waals surface area contributed by atoms with Crippen LogP contribution in [0.3, 0.4) is 0 Å². The van der Waals surface area contributed by atoms with Gasteiger partial charge in [0.15, 0.2) is 0 Å². The topological polar surface area (TPSA) is 38.9 Å². The molecule has 2 nitrogen and oxygen atoms in total. The zero-order valence-corrected chi connectivity index (χ0v) is 6.20. The Balaban J connectivity index is 3.01. The van der Waals surface area contributed by atoms with Crippen LogP contribution in [0, 0.1) is 0 Å². The van der Waals surface area contributed by atoms with E-state index in [1.54, 1.807) is 6.20 Å². The van der Waals surface area contributed by atoms with Gasteiger partial charge in [0.1, 0.15) is 0 Å². The minimum atomic E-state index is 0.514. The van der Waals surface area contributed by atoms with Gasteiger partial charge in [0.25, 0.3) is 0 Å². The quantitative estimate of drug-likeness (QED) is 0.559. The summed E-state index contributed by atoms with van der Waals surface area (Å²) >= 11 is 0. The average molecular weight is 140 g/mol. The van der Waals surface area contributed by atoms with Crippen LogP contribution in [-0.2, 0) is 6.54 Å². The Kier molecular flexibility index (Phi) is 2.15. The summed E-state index contributed by atoms with van der Waals surface area (Å²) in [5.74, 6) is 0. The second kappa shape index (κ2) is 2.90. The van der Waals surface area contributed by atoms with Gasteiger partial charge in [-0.15, -0.1) is 9.24 Å². The predicted molar refractivity (Wildman–Crippen MR) is 41.5 cm³/mol. The molecule has 0 amide bonds. The van der Waals surface area contributed by atoms with E-state index < -0.39 is 0 Å². The van der Waals surface area contributed by atoms with Crippen molar-refractivity contribution in [3.63, 3.8) is 0 Å². The number of nitrogens with zero attached hydrogens (tertiary/aromatic N) is 1. The van der Waals surface area contributed by atoms with E-state index in [1.165, 1.54) is 0 Å². The smallest absolute Gasteiger partial charge is 0.0610 e. The maximum Gasteiger partial charge on any atom is 0.0610 e. The third kappa shape index (κ3) is 1.47. The van der Waals surface area contributed by atoms with Crippen molar-refractivity contribution in [1.29, 1.82) is 0 Å². The molecule has 0 radical (unpaired) electrons. The third-order valence-electron chi connectivity index (χ3n) is 1.12. The monoisotopic (exact) mass is 140 g/mol. The number of nitrogens with two attached hydrogens (primary N) is 1. The lowest BCUT2D eigenvalue weighted by atomic mass is 10.3. The molecular weight excluding hydrogens is 131 g/mol. The highest BCUT2D eigenvalue weighted by atomic mass is 31.0. The summed E-state index contributed by atoms with van der Waals surface area (Å²) in [4.78, 5) is 4.05. The molecular formula is C6H9N2P. The van der Waals surface area contributed by atoms with E-state index in [9.17, 15) is 0 Å². The first-order valence-electron chi connectivity index (χ1n) is 2.74. The summed E-state index contributed by atoms with van der Waals surface area (Å²) < 4.78 is 0. The van der Waals surface area contributed by atoms with Gasteiger partial charge in [-0.2, -0.15) is 0 Å². The highest BCUT2D eigenvalue weighted by Crippen LogP contribution is 1.93. The van der Waals surface area contributed by atoms with Crippen molar-refractivity contribution in [3.05, 3.63) is 24.0 Å². The summed E-state index contributed by atoms with van der Waals surface area (Å²) in [6.45, 7) is 0.514. The molecule has 1 atom stereocenters. The molecule has 0 aromatic carbocycles. The molecule has 0 aliphatic heterocycles. The Morgan fingerprint density at radius 2 is 2.44 bits per heavy atom. The van der Waals surface area contributed by atoms with Crippen LogP contribution in [-0.4, -0.2) is 4.98 Å². The standard InChI is InChI=1S/C6H9N2P/c7-4-5-6(9)2-1-3-8-5/h1-3H,4,7,9H2. The lowest BCUT2D eigenvalue weighted by Crippen LogP contribution is -2.09. The molecule has 0 aliphatic rings. The van der Waals surface area contributed by atoms with Crippen molar-refractivity contribution >= 4 is 14.5 Å². The van der Waals surface area contributed by atoms with Crippen LogP contribution >= 0.6 is 9.24 Å². The van der Waals surface area contributed by atoms with Gasteiger partial charge >= 0.3 is 0 Å². The lowest BCUT2D eigenvalue weighted by molar-refractivity contribution is 1.00. The van der Waals surface area contributed by atoms with Crippen molar-refractivity contribution in [3.8, 4) is 0 Å². The molecule has 48 valence electrons. The second-order valence-corrected chi connectivity index (χ2v) is 2.37. The second-order valence-electron chi connectivity index (χ2n) is 1.74. The zero-order chi connectivity index (χ0) is 6.69. The Labute approximate surface area is 56.7 Å². The van der Waals surface area contributed by atoms with E-state index in [4.69, 9.17) is 5.73 Å². The van der Waals surface area contributed by atoms with E-state index in [-0.39, 0.29) is 0 Å². The Morgan fingerprint density at radius 3 is 2.89 bits per heavy atom. The molecule has 1 rings (SSSR count). The number of rotatable bonds is 1. The largest absolute Gasteiger partial charge is 0.325 e. The summed E-state index contributed by atoms with van der Waals surface area (Å²) in [5, 5.41) is 1.08. The van der Waals surface area contributed by atoms with Crippen LogP contribution in [0.4, 0.5) is 0 Å². The molecule has 1 unspecified atom stereocenters. The highest BCUT2D eigenvalue weighted by Gasteiger charge is 1.91. The summed E-state index contributed by atoms with van der Waals surface area (Å²) in [7, 11) is 2.59. The highest BCUT2D eigenvalue weighted by molar-refractivity contribution is 7.27. The summed E-state index contributed by atoms with van der Waals surface area (Å²) in [6, 6.07) is 3.86. The van der Waals surface area contributed by atoms with Crippen LogP contribution in [0.2, 0.25) is 0 Å².